The van der Waals surface area contributed by atoms with E-state index in [4.69, 9.17) is 5.84 Å². The molecule has 0 aromatic carbocycles. The van der Waals surface area contributed by atoms with Crippen molar-refractivity contribution in [3.63, 3.8) is 0 Å². The minimum Gasteiger partial charge on any atom is -0.348 e. The van der Waals surface area contributed by atoms with E-state index in [0.29, 0.717) is 25.8 Å². The number of hydrogen-bond donors (Lipinski definition) is 2. The number of nitrogens with one attached hydrogen (secondary N) is 1. The summed E-state index contributed by atoms with van der Waals surface area (Å²) in [6.45, 7) is 4.08. The molecule has 3 N–H and O–H groups in total. The molecule has 3 aliphatic rings. The van der Waals surface area contributed by atoms with E-state index in [0.717, 1.165) is 22.7 Å². The van der Waals surface area contributed by atoms with Crippen LogP contribution < -0.4 is 5.84 Å². The van der Waals surface area contributed by atoms with Gasteiger partial charge < -0.3 is 9.88 Å². The zero-order chi connectivity index (χ0) is 18.5. The highest BCUT2D eigenvalue weighted by Crippen LogP contribution is 2.49. The van der Waals surface area contributed by atoms with Crippen LogP contribution in [-0.4, -0.2) is 38.0 Å². The van der Waals surface area contributed by atoms with Gasteiger partial charge in [-0.2, -0.15) is 0 Å². The van der Waals surface area contributed by atoms with E-state index in [2.05, 4.69) is 9.97 Å². The Balaban J connectivity index is 1.61. The summed E-state index contributed by atoms with van der Waals surface area (Å²) in [4.78, 5) is 22.3. The number of carbonyl (C=O) groups excluding carboxylic acids is 1. The van der Waals surface area contributed by atoms with Gasteiger partial charge >= 0.3 is 0 Å². The SMILES string of the molecule is CC1=CC=CN(N)/C1=C\C[C@H]1c2nc[nH]c2CCN1C(=O)[C@@H]1CC1(C)F. The molecule has 0 saturated heterocycles. The zero-order valence-electron chi connectivity index (χ0n) is 15.1. The van der Waals surface area contributed by atoms with Crippen LogP contribution in [-0.2, 0) is 11.2 Å². The van der Waals surface area contributed by atoms with Gasteiger partial charge in [0.1, 0.15) is 5.67 Å². The molecule has 3 heterocycles. The van der Waals surface area contributed by atoms with E-state index in [1.54, 1.807) is 22.4 Å². The largest absolute Gasteiger partial charge is 0.348 e. The zero-order valence-corrected chi connectivity index (χ0v) is 15.1. The highest BCUT2D eigenvalue weighted by Gasteiger charge is 2.57. The number of allylic oxidation sites excluding steroid dienone is 3. The Hall–Kier alpha value is -2.41. The number of aromatic nitrogens is 2. The molecule has 26 heavy (non-hydrogen) atoms. The van der Waals surface area contributed by atoms with Gasteiger partial charge in [-0.3, -0.25) is 9.80 Å². The molecular weight excluding hydrogens is 333 g/mol. The lowest BCUT2D eigenvalue weighted by Gasteiger charge is -2.35. The molecule has 6 nitrogen and oxygen atoms in total. The maximum Gasteiger partial charge on any atom is 0.229 e. The van der Waals surface area contributed by atoms with Crippen LogP contribution in [0.1, 0.15) is 44.1 Å². The van der Waals surface area contributed by atoms with Crippen molar-refractivity contribution in [3.05, 3.63) is 53.4 Å². The summed E-state index contributed by atoms with van der Waals surface area (Å²) < 4.78 is 14.1. The third-order valence-corrected chi connectivity index (χ3v) is 5.61. The molecule has 4 rings (SSSR count). The van der Waals surface area contributed by atoms with Crippen molar-refractivity contribution in [3.8, 4) is 0 Å². The normalized spacial score (nSPS) is 31.8. The lowest BCUT2D eigenvalue weighted by molar-refractivity contribution is -0.136. The molecule has 138 valence electrons. The van der Waals surface area contributed by atoms with E-state index in [1.807, 2.05) is 25.2 Å². The molecule has 1 fully saturated rings. The van der Waals surface area contributed by atoms with Gasteiger partial charge in [-0.1, -0.05) is 12.2 Å². The number of carbonyl (C=O) groups is 1. The highest BCUT2D eigenvalue weighted by atomic mass is 19.1. The van der Waals surface area contributed by atoms with E-state index < -0.39 is 11.6 Å². The Kier molecular flexibility index (Phi) is 3.99. The number of fused-ring (bicyclic) bond motifs is 1. The predicted octanol–water partition coefficient (Wildman–Crippen LogP) is 2.51. The topological polar surface area (TPSA) is 78.2 Å². The first-order valence-corrected chi connectivity index (χ1v) is 8.99. The lowest BCUT2D eigenvalue weighted by Crippen LogP contribution is -2.42. The summed E-state index contributed by atoms with van der Waals surface area (Å²) in [5, 5.41) is 1.58. The number of amides is 1. The van der Waals surface area contributed by atoms with Crippen LogP contribution in [0.5, 0.6) is 0 Å². The fraction of sp³-hybridized carbons (Fsp3) is 0.474. The molecule has 3 atom stereocenters. The van der Waals surface area contributed by atoms with E-state index in [1.165, 1.54) is 6.92 Å². The van der Waals surface area contributed by atoms with Crippen molar-refractivity contribution in [2.75, 3.05) is 6.54 Å². The van der Waals surface area contributed by atoms with Gasteiger partial charge in [0.15, 0.2) is 0 Å². The minimum absolute atomic E-state index is 0.104. The first-order chi connectivity index (χ1) is 12.4. The molecule has 1 aliphatic carbocycles. The number of imidazole rings is 1. The standard InChI is InChI=1S/C19H24FN5O/c1-12-4-3-8-25(21)15(12)5-6-16-17-14(22-11-23-17)7-9-24(16)18(26)13-10-19(13,2)20/h3-5,8,11,13,16H,6-7,9-10,21H2,1-2H3,(H,22,23)/b15-5-/t13-,16-,19?/m0/s1. The van der Waals surface area contributed by atoms with Crippen LogP contribution in [0, 0.1) is 5.92 Å². The molecule has 0 radical (unpaired) electrons. The molecule has 7 heteroatoms. The van der Waals surface area contributed by atoms with Gasteiger partial charge in [0.05, 0.1) is 29.7 Å². The van der Waals surface area contributed by atoms with Gasteiger partial charge in [0, 0.05) is 24.9 Å². The van der Waals surface area contributed by atoms with Crippen molar-refractivity contribution in [2.45, 2.75) is 44.8 Å². The molecule has 0 spiro atoms. The van der Waals surface area contributed by atoms with Crippen molar-refractivity contribution in [2.24, 2.45) is 11.8 Å². The average Bonchev–Trinajstić information content (AvgIpc) is 3.02. The van der Waals surface area contributed by atoms with E-state index in [-0.39, 0.29) is 11.9 Å². The van der Waals surface area contributed by atoms with Crippen LogP contribution >= 0.6 is 0 Å². The molecule has 0 bridgehead atoms. The third-order valence-electron chi connectivity index (χ3n) is 5.61. The summed E-state index contributed by atoms with van der Waals surface area (Å²) in [7, 11) is 0. The number of halogens is 1. The van der Waals surface area contributed by atoms with Gasteiger partial charge in [-0.15, -0.1) is 0 Å². The molecule has 1 aromatic heterocycles. The summed E-state index contributed by atoms with van der Waals surface area (Å²) in [5.41, 5.74) is 2.53. The van der Waals surface area contributed by atoms with Crippen molar-refractivity contribution in [1.29, 1.82) is 0 Å². The summed E-state index contributed by atoms with van der Waals surface area (Å²) in [6, 6.07) is -0.200. The van der Waals surface area contributed by atoms with Crippen LogP contribution in [0.4, 0.5) is 4.39 Å². The summed E-state index contributed by atoms with van der Waals surface area (Å²) >= 11 is 0. The highest BCUT2D eigenvalue weighted by molar-refractivity contribution is 5.84. The van der Waals surface area contributed by atoms with E-state index in [9.17, 15) is 9.18 Å². The number of H-pyrrole nitrogens is 1. The fourth-order valence-electron chi connectivity index (χ4n) is 3.88. The Morgan fingerprint density at radius 3 is 3.04 bits per heavy atom. The van der Waals surface area contributed by atoms with Gasteiger partial charge in [-0.05, 0) is 38.3 Å². The molecule has 1 amide bonds. The molecule has 2 aliphatic heterocycles. The number of hydrazine groups is 1. The van der Waals surface area contributed by atoms with Gasteiger partial charge in [-0.25, -0.2) is 15.2 Å². The van der Waals surface area contributed by atoms with Crippen molar-refractivity contribution in [1.82, 2.24) is 19.9 Å². The fourth-order valence-corrected chi connectivity index (χ4v) is 3.88. The summed E-state index contributed by atoms with van der Waals surface area (Å²) in [6.07, 6.45) is 11.0. The monoisotopic (exact) mass is 357 g/mol. The van der Waals surface area contributed by atoms with E-state index >= 15 is 0 Å². The molecular formula is C19H24FN5O. The third kappa shape index (κ3) is 2.86. The number of hydrogen-bond acceptors (Lipinski definition) is 4. The lowest BCUT2D eigenvalue weighted by atomic mass is 9.97. The van der Waals surface area contributed by atoms with Crippen LogP contribution in [0.25, 0.3) is 0 Å². The van der Waals surface area contributed by atoms with Gasteiger partial charge in [0.25, 0.3) is 0 Å². The van der Waals surface area contributed by atoms with Crippen LogP contribution in [0.3, 0.4) is 0 Å². The first kappa shape index (κ1) is 17.0. The Bertz CT molecular complexity index is 822. The number of nitrogens with two attached hydrogens (primary N) is 1. The number of rotatable bonds is 3. The van der Waals surface area contributed by atoms with Crippen LogP contribution in [0.2, 0.25) is 0 Å². The maximum absolute atomic E-state index is 14.1. The van der Waals surface area contributed by atoms with Crippen LogP contribution in [0.15, 0.2) is 42.0 Å². The second-order valence-electron chi connectivity index (χ2n) is 7.52. The second kappa shape index (κ2) is 6.09. The minimum atomic E-state index is -1.37. The van der Waals surface area contributed by atoms with Crippen molar-refractivity contribution < 1.29 is 9.18 Å². The Labute approximate surface area is 152 Å². The Morgan fingerprint density at radius 1 is 1.58 bits per heavy atom. The van der Waals surface area contributed by atoms with Gasteiger partial charge in [0.2, 0.25) is 5.91 Å². The van der Waals surface area contributed by atoms with Crippen molar-refractivity contribution >= 4 is 5.91 Å². The quantitative estimate of drug-likeness (QED) is 0.815. The smallest absolute Gasteiger partial charge is 0.229 e. The first-order valence-electron chi connectivity index (χ1n) is 8.99. The number of alkyl halides is 1. The molecule has 1 saturated carbocycles. The second-order valence-corrected chi connectivity index (χ2v) is 7.52. The maximum atomic E-state index is 14.1. The number of aromatic amines is 1. The predicted molar refractivity (Wildman–Crippen MR) is 96.0 cm³/mol. The molecule has 1 unspecified atom stereocenters. The Morgan fingerprint density at radius 2 is 2.35 bits per heavy atom. The average molecular weight is 357 g/mol. The number of nitrogens with zero attached hydrogens (tertiary/aromatic N) is 3. The summed E-state index contributed by atoms with van der Waals surface area (Å²) in [5.74, 6) is 5.40. The molecule has 1 aromatic rings.